The molecule has 126 valence electrons. The summed E-state index contributed by atoms with van der Waals surface area (Å²) in [5, 5.41) is 11.6. The Kier molecular flexibility index (Phi) is 4.01. The van der Waals surface area contributed by atoms with Crippen LogP contribution in [0.5, 0.6) is 0 Å². The van der Waals surface area contributed by atoms with Crippen molar-refractivity contribution >= 4 is 11.9 Å². The number of urea groups is 1. The lowest BCUT2D eigenvalue weighted by atomic mass is 9.91. The van der Waals surface area contributed by atoms with Crippen molar-refractivity contribution in [3.8, 4) is 6.07 Å². The van der Waals surface area contributed by atoms with Gasteiger partial charge in [-0.05, 0) is 37.6 Å². The number of carbonyl (C=O) groups excluding carboxylic acids is 2. The molecule has 5 nitrogen and oxygen atoms in total. The van der Waals surface area contributed by atoms with Gasteiger partial charge in [0.1, 0.15) is 11.4 Å². The number of nitriles is 1. The van der Waals surface area contributed by atoms with Gasteiger partial charge in [0.2, 0.25) is 0 Å². The third-order valence-corrected chi connectivity index (χ3v) is 4.41. The molecule has 0 bridgehead atoms. The van der Waals surface area contributed by atoms with E-state index < -0.39 is 23.3 Å². The SMILES string of the molecule is Cc1ccc(C2(C)NC(=O)N(Cc3cc(C#N)ccc3F)C2=O)cc1. The quantitative estimate of drug-likeness (QED) is 0.875. The predicted molar refractivity (Wildman–Crippen MR) is 88.7 cm³/mol. The maximum atomic E-state index is 14.0. The van der Waals surface area contributed by atoms with Crippen molar-refractivity contribution in [1.29, 1.82) is 5.26 Å². The van der Waals surface area contributed by atoms with Crippen molar-refractivity contribution in [1.82, 2.24) is 10.2 Å². The van der Waals surface area contributed by atoms with Crippen LogP contribution in [0, 0.1) is 24.1 Å². The number of nitrogens with zero attached hydrogens (tertiary/aromatic N) is 2. The lowest BCUT2D eigenvalue weighted by Gasteiger charge is -2.22. The van der Waals surface area contributed by atoms with Gasteiger partial charge in [0, 0.05) is 5.56 Å². The summed E-state index contributed by atoms with van der Waals surface area (Å²) < 4.78 is 14.0. The number of carbonyl (C=O) groups is 2. The van der Waals surface area contributed by atoms with Crippen molar-refractivity contribution in [2.24, 2.45) is 0 Å². The number of imide groups is 1. The summed E-state index contributed by atoms with van der Waals surface area (Å²) in [4.78, 5) is 26.1. The Labute approximate surface area is 144 Å². The fourth-order valence-electron chi connectivity index (χ4n) is 2.86. The van der Waals surface area contributed by atoms with Crippen LogP contribution in [0.25, 0.3) is 0 Å². The van der Waals surface area contributed by atoms with Crippen LogP contribution in [0.15, 0.2) is 42.5 Å². The van der Waals surface area contributed by atoms with Crippen molar-refractivity contribution in [2.75, 3.05) is 0 Å². The maximum absolute atomic E-state index is 14.0. The summed E-state index contributed by atoms with van der Waals surface area (Å²) in [5.74, 6) is -1.02. The van der Waals surface area contributed by atoms with Crippen molar-refractivity contribution in [3.05, 3.63) is 70.5 Å². The van der Waals surface area contributed by atoms with Gasteiger partial charge in [-0.15, -0.1) is 0 Å². The van der Waals surface area contributed by atoms with E-state index >= 15 is 0 Å². The van der Waals surface area contributed by atoms with Crippen LogP contribution in [-0.4, -0.2) is 16.8 Å². The zero-order chi connectivity index (χ0) is 18.2. The van der Waals surface area contributed by atoms with Crippen LogP contribution in [0.1, 0.15) is 29.2 Å². The predicted octanol–water partition coefficient (Wildman–Crippen LogP) is 2.97. The fraction of sp³-hybridized carbons (Fsp3) is 0.211. The Morgan fingerprint density at radius 2 is 1.88 bits per heavy atom. The summed E-state index contributed by atoms with van der Waals surface area (Å²) in [5.41, 5.74) is 0.885. The highest BCUT2D eigenvalue weighted by atomic mass is 19.1. The van der Waals surface area contributed by atoms with Gasteiger partial charge in [-0.1, -0.05) is 29.8 Å². The number of hydrogen-bond donors (Lipinski definition) is 1. The van der Waals surface area contributed by atoms with Gasteiger partial charge in [-0.2, -0.15) is 5.26 Å². The van der Waals surface area contributed by atoms with Crippen LogP contribution < -0.4 is 5.32 Å². The van der Waals surface area contributed by atoms with Gasteiger partial charge < -0.3 is 5.32 Å². The van der Waals surface area contributed by atoms with Gasteiger partial charge in [0.15, 0.2) is 0 Å². The molecule has 1 N–H and O–H groups in total. The van der Waals surface area contributed by atoms with Gasteiger partial charge in [-0.25, -0.2) is 9.18 Å². The summed E-state index contributed by atoms with van der Waals surface area (Å²) in [6.07, 6.45) is 0. The first-order chi connectivity index (χ1) is 11.8. The summed E-state index contributed by atoms with van der Waals surface area (Å²) >= 11 is 0. The highest BCUT2D eigenvalue weighted by Gasteiger charge is 2.49. The summed E-state index contributed by atoms with van der Waals surface area (Å²) in [6.45, 7) is 3.33. The van der Waals surface area contributed by atoms with Gasteiger partial charge >= 0.3 is 6.03 Å². The molecule has 0 radical (unpaired) electrons. The standard InChI is InChI=1S/C19H16FN3O2/c1-12-3-6-15(7-4-12)19(2)17(24)23(18(25)22-19)11-14-9-13(10-21)5-8-16(14)20/h3-9H,11H2,1-2H3,(H,22,25). The molecular formula is C19H16FN3O2. The number of halogens is 1. The van der Waals surface area contributed by atoms with E-state index in [2.05, 4.69) is 5.32 Å². The minimum atomic E-state index is -1.20. The minimum absolute atomic E-state index is 0.121. The number of benzene rings is 2. The summed E-state index contributed by atoms with van der Waals surface area (Å²) in [7, 11) is 0. The van der Waals surface area contributed by atoms with Crippen LogP contribution >= 0.6 is 0 Å². The molecule has 0 saturated carbocycles. The Morgan fingerprint density at radius 1 is 1.20 bits per heavy atom. The molecule has 1 aliphatic rings. The van der Waals surface area contributed by atoms with E-state index in [9.17, 15) is 14.0 Å². The zero-order valence-electron chi connectivity index (χ0n) is 13.8. The zero-order valence-corrected chi connectivity index (χ0v) is 13.8. The molecule has 1 fully saturated rings. The highest BCUT2D eigenvalue weighted by Crippen LogP contribution is 2.30. The number of rotatable bonds is 3. The van der Waals surface area contributed by atoms with Gasteiger partial charge in [0.25, 0.3) is 5.91 Å². The Morgan fingerprint density at radius 3 is 2.52 bits per heavy atom. The van der Waals surface area contributed by atoms with E-state index in [1.54, 1.807) is 19.1 Å². The highest BCUT2D eigenvalue weighted by molar-refractivity contribution is 6.07. The van der Waals surface area contributed by atoms with Crippen molar-refractivity contribution < 1.29 is 14.0 Å². The monoisotopic (exact) mass is 337 g/mol. The van der Waals surface area contributed by atoms with E-state index in [0.29, 0.717) is 5.56 Å². The Bertz CT molecular complexity index is 902. The molecule has 1 atom stereocenters. The first-order valence-electron chi connectivity index (χ1n) is 7.75. The van der Waals surface area contributed by atoms with Gasteiger partial charge in [-0.3, -0.25) is 9.69 Å². The molecule has 0 aliphatic carbocycles. The molecule has 6 heteroatoms. The fourth-order valence-corrected chi connectivity index (χ4v) is 2.86. The Balaban J connectivity index is 1.92. The van der Waals surface area contributed by atoms with Crippen LogP contribution in [0.3, 0.4) is 0 Å². The first kappa shape index (κ1) is 16.7. The molecule has 1 saturated heterocycles. The lowest BCUT2D eigenvalue weighted by molar-refractivity contribution is -0.131. The summed E-state index contributed by atoms with van der Waals surface area (Å²) in [6, 6.07) is 12.5. The maximum Gasteiger partial charge on any atom is 0.325 e. The normalized spacial score (nSPS) is 19.7. The van der Waals surface area contributed by atoms with E-state index in [1.165, 1.54) is 12.1 Å². The number of amides is 3. The topological polar surface area (TPSA) is 73.2 Å². The average molecular weight is 337 g/mol. The molecule has 1 heterocycles. The second-order valence-corrected chi connectivity index (χ2v) is 6.23. The first-order valence-corrected chi connectivity index (χ1v) is 7.75. The van der Waals surface area contributed by atoms with Crippen molar-refractivity contribution in [2.45, 2.75) is 25.9 Å². The van der Waals surface area contributed by atoms with Crippen molar-refractivity contribution in [3.63, 3.8) is 0 Å². The van der Waals surface area contributed by atoms with E-state index in [-0.39, 0.29) is 17.7 Å². The molecule has 1 unspecified atom stereocenters. The molecule has 25 heavy (non-hydrogen) atoms. The minimum Gasteiger partial charge on any atom is -0.319 e. The molecule has 1 aliphatic heterocycles. The second kappa shape index (κ2) is 6.02. The molecule has 2 aromatic carbocycles. The molecule has 2 aromatic rings. The van der Waals surface area contributed by atoms with Crippen LogP contribution in [0.2, 0.25) is 0 Å². The molecular weight excluding hydrogens is 321 g/mol. The third-order valence-electron chi connectivity index (χ3n) is 4.41. The number of hydrogen-bond acceptors (Lipinski definition) is 3. The van der Waals surface area contributed by atoms with E-state index in [4.69, 9.17) is 5.26 Å². The van der Waals surface area contributed by atoms with Gasteiger partial charge in [0.05, 0.1) is 18.2 Å². The largest absolute Gasteiger partial charge is 0.325 e. The van der Waals surface area contributed by atoms with Crippen LogP contribution in [0.4, 0.5) is 9.18 Å². The average Bonchev–Trinajstić information content (AvgIpc) is 2.81. The van der Waals surface area contributed by atoms with E-state index in [0.717, 1.165) is 16.5 Å². The van der Waals surface area contributed by atoms with Crippen LogP contribution in [-0.2, 0) is 16.9 Å². The molecule has 0 aromatic heterocycles. The molecule has 3 rings (SSSR count). The molecule has 0 spiro atoms. The van der Waals surface area contributed by atoms with E-state index in [1.807, 2.05) is 25.1 Å². The lowest BCUT2D eigenvalue weighted by Crippen LogP contribution is -2.40. The number of nitrogens with one attached hydrogen (secondary N) is 1. The number of aryl methyl sites for hydroxylation is 1. The Hall–Kier alpha value is -3.20. The smallest absolute Gasteiger partial charge is 0.319 e. The molecule has 3 amide bonds. The third kappa shape index (κ3) is 2.85. The second-order valence-electron chi connectivity index (χ2n) is 6.23.